The van der Waals surface area contributed by atoms with Crippen LogP contribution in [-0.4, -0.2) is 28.8 Å². The molecule has 0 aliphatic rings. The van der Waals surface area contributed by atoms with Crippen LogP contribution >= 0.6 is 11.6 Å². The molecule has 17 heavy (non-hydrogen) atoms. The molecule has 0 bridgehead atoms. The minimum atomic E-state index is -1.06. The lowest BCUT2D eigenvalue weighted by molar-refractivity contribution is -0.138. The van der Waals surface area contributed by atoms with E-state index >= 15 is 0 Å². The number of nitrogens with one attached hydrogen (secondary N) is 1. The van der Waals surface area contributed by atoms with Gasteiger partial charge in [-0.15, -0.1) is 0 Å². The molecule has 6 heteroatoms. The number of rotatable bonds is 5. The fourth-order valence-corrected chi connectivity index (χ4v) is 1.48. The summed E-state index contributed by atoms with van der Waals surface area (Å²) in [7, 11) is 0. The highest BCUT2D eigenvalue weighted by atomic mass is 35.5. The number of nitrogens with zero attached hydrogens (tertiary/aromatic N) is 1. The maximum atomic E-state index is 10.3. The zero-order valence-electron chi connectivity index (χ0n) is 8.85. The fourth-order valence-electron chi connectivity index (χ4n) is 1.23. The van der Waals surface area contributed by atoms with Crippen LogP contribution in [0, 0.1) is 11.3 Å². The molecule has 1 unspecified atom stereocenters. The van der Waals surface area contributed by atoms with E-state index in [1.54, 1.807) is 12.1 Å². The summed E-state index contributed by atoms with van der Waals surface area (Å²) in [6.07, 6.45) is -1.32. The lowest BCUT2D eigenvalue weighted by Crippen LogP contribution is -2.22. The van der Waals surface area contributed by atoms with E-state index in [-0.39, 0.29) is 13.0 Å². The number of carbonyl (C=O) groups is 1. The fraction of sp³-hybridized carbons (Fsp3) is 0.273. The van der Waals surface area contributed by atoms with Gasteiger partial charge < -0.3 is 15.5 Å². The molecular weight excluding hydrogens is 244 g/mol. The summed E-state index contributed by atoms with van der Waals surface area (Å²) in [5.41, 5.74) is 0.988. The van der Waals surface area contributed by atoms with Crippen molar-refractivity contribution in [3.63, 3.8) is 0 Å². The van der Waals surface area contributed by atoms with Crippen LogP contribution in [-0.2, 0) is 4.79 Å². The normalized spacial score (nSPS) is 11.6. The molecule has 1 atom stereocenters. The Kier molecular flexibility index (Phi) is 4.76. The van der Waals surface area contributed by atoms with Gasteiger partial charge in [-0.25, -0.2) is 0 Å². The molecule has 0 spiro atoms. The number of benzene rings is 1. The van der Waals surface area contributed by atoms with E-state index in [1.165, 1.54) is 6.07 Å². The van der Waals surface area contributed by atoms with Crippen molar-refractivity contribution in [1.82, 2.24) is 0 Å². The van der Waals surface area contributed by atoms with Crippen molar-refractivity contribution in [2.45, 2.75) is 12.5 Å². The van der Waals surface area contributed by atoms with Crippen LogP contribution < -0.4 is 5.32 Å². The Morgan fingerprint density at radius 2 is 2.29 bits per heavy atom. The van der Waals surface area contributed by atoms with Crippen LogP contribution in [0.25, 0.3) is 0 Å². The van der Waals surface area contributed by atoms with Crippen molar-refractivity contribution >= 4 is 23.3 Å². The second-order valence-electron chi connectivity index (χ2n) is 3.44. The van der Waals surface area contributed by atoms with Gasteiger partial charge in [0.25, 0.3) is 0 Å². The van der Waals surface area contributed by atoms with Crippen LogP contribution in [0.4, 0.5) is 5.69 Å². The average Bonchev–Trinajstić information content (AvgIpc) is 2.26. The number of aliphatic hydroxyl groups is 1. The molecule has 5 nitrogen and oxygen atoms in total. The van der Waals surface area contributed by atoms with Crippen LogP contribution in [0.15, 0.2) is 18.2 Å². The van der Waals surface area contributed by atoms with Gasteiger partial charge in [-0.3, -0.25) is 4.79 Å². The van der Waals surface area contributed by atoms with Gasteiger partial charge in [-0.1, -0.05) is 11.6 Å². The number of nitriles is 1. The molecule has 90 valence electrons. The highest BCUT2D eigenvalue weighted by Crippen LogP contribution is 2.22. The Morgan fingerprint density at radius 1 is 1.59 bits per heavy atom. The zero-order chi connectivity index (χ0) is 12.8. The molecule has 0 amide bonds. The van der Waals surface area contributed by atoms with Crippen LogP contribution in [0.5, 0.6) is 0 Å². The number of hydrogen-bond donors (Lipinski definition) is 3. The molecule has 1 aromatic carbocycles. The monoisotopic (exact) mass is 254 g/mol. The molecule has 0 aliphatic heterocycles. The van der Waals surface area contributed by atoms with Gasteiger partial charge >= 0.3 is 5.97 Å². The topological polar surface area (TPSA) is 93.4 Å². The molecule has 1 rings (SSSR count). The highest BCUT2D eigenvalue weighted by Gasteiger charge is 2.10. The van der Waals surface area contributed by atoms with Crippen LogP contribution in [0.3, 0.4) is 0 Å². The lowest BCUT2D eigenvalue weighted by Gasteiger charge is -2.12. The summed E-state index contributed by atoms with van der Waals surface area (Å²) in [5, 5.41) is 29.6. The van der Waals surface area contributed by atoms with Crippen molar-refractivity contribution < 1.29 is 15.0 Å². The molecular formula is C11H11ClN2O3. The number of aliphatic carboxylic acids is 1. The molecule has 3 N–H and O–H groups in total. The lowest BCUT2D eigenvalue weighted by atomic mass is 10.2. The number of anilines is 1. The molecule has 0 fully saturated rings. The third kappa shape index (κ3) is 4.31. The summed E-state index contributed by atoms with van der Waals surface area (Å²) in [4.78, 5) is 10.3. The van der Waals surface area contributed by atoms with Gasteiger partial charge in [0.05, 0.1) is 34.9 Å². The third-order valence-electron chi connectivity index (χ3n) is 2.04. The summed E-state index contributed by atoms with van der Waals surface area (Å²) in [5.74, 6) is -1.06. The Labute approximate surface area is 103 Å². The van der Waals surface area contributed by atoms with E-state index < -0.39 is 12.1 Å². The van der Waals surface area contributed by atoms with Crippen LogP contribution in [0.2, 0.25) is 5.02 Å². The molecule has 0 saturated heterocycles. The van der Waals surface area contributed by atoms with Crippen molar-refractivity contribution in [3.8, 4) is 6.07 Å². The van der Waals surface area contributed by atoms with E-state index in [0.717, 1.165) is 0 Å². The first kappa shape index (κ1) is 13.3. The molecule has 0 saturated carbocycles. The summed E-state index contributed by atoms with van der Waals surface area (Å²) >= 11 is 5.89. The number of carboxylic acids is 1. The minimum absolute atomic E-state index is 0.0813. The summed E-state index contributed by atoms with van der Waals surface area (Å²) in [6, 6.07) is 6.63. The smallest absolute Gasteiger partial charge is 0.306 e. The van der Waals surface area contributed by atoms with E-state index in [1.807, 2.05) is 6.07 Å². The van der Waals surface area contributed by atoms with Gasteiger partial charge in [0.1, 0.15) is 0 Å². The van der Waals surface area contributed by atoms with Crippen LogP contribution in [0.1, 0.15) is 12.0 Å². The van der Waals surface area contributed by atoms with Crippen molar-refractivity contribution in [2.75, 3.05) is 11.9 Å². The molecule has 0 heterocycles. The number of hydrogen-bond acceptors (Lipinski definition) is 4. The summed E-state index contributed by atoms with van der Waals surface area (Å²) < 4.78 is 0. The van der Waals surface area contributed by atoms with Crippen molar-refractivity contribution in [3.05, 3.63) is 28.8 Å². The van der Waals surface area contributed by atoms with Gasteiger partial charge in [-0.05, 0) is 18.2 Å². The van der Waals surface area contributed by atoms with E-state index in [9.17, 15) is 9.90 Å². The Balaban J connectivity index is 2.58. The molecule has 0 aromatic heterocycles. The standard InChI is InChI=1S/C11H11ClN2O3/c12-9-3-7(5-13)1-2-10(9)14-6-8(15)4-11(16)17/h1-3,8,14-15H,4,6H2,(H,16,17). The molecule has 1 aromatic rings. The van der Waals surface area contributed by atoms with Gasteiger partial charge in [-0.2, -0.15) is 5.26 Å². The van der Waals surface area contributed by atoms with E-state index in [0.29, 0.717) is 16.3 Å². The SMILES string of the molecule is N#Cc1ccc(NCC(O)CC(=O)O)c(Cl)c1. The van der Waals surface area contributed by atoms with Crippen molar-refractivity contribution in [2.24, 2.45) is 0 Å². The highest BCUT2D eigenvalue weighted by molar-refractivity contribution is 6.33. The van der Waals surface area contributed by atoms with Crippen molar-refractivity contribution in [1.29, 1.82) is 5.26 Å². The quantitative estimate of drug-likeness (QED) is 0.740. The Morgan fingerprint density at radius 3 is 2.82 bits per heavy atom. The maximum absolute atomic E-state index is 10.3. The molecule has 0 aliphatic carbocycles. The third-order valence-corrected chi connectivity index (χ3v) is 2.35. The number of carboxylic acid groups (broad SMARTS) is 1. The Bertz CT molecular complexity index is 457. The number of halogens is 1. The minimum Gasteiger partial charge on any atom is -0.481 e. The first-order valence-corrected chi connectivity index (χ1v) is 5.24. The van der Waals surface area contributed by atoms with E-state index in [4.69, 9.17) is 22.0 Å². The second-order valence-corrected chi connectivity index (χ2v) is 3.85. The van der Waals surface area contributed by atoms with Gasteiger partial charge in [0.15, 0.2) is 0 Å². The Hall–Kier alpha value is -1.77. The predicted octanol–water partition coefficient (Wildman–Crippen LogP) is 1.46. The van der Waals surface area contributed by atoms with Gasteiger partial charge in [0.2, 0.25) is 0 Å². The summed E-state index contributed by atoms with van der Waals surface area (Å²) in [6.45, 7) is 0.0813. The first-order valence-electron chi connectivity index (χ1n) is 4.86. The maximum Gasteiger partial charge on any atom is 0.306 e. The first-order chi connectivity index (χ1) is 8.02. The zero-order valence-corrected chi connectivity index (χ0v) is 9.61. The predicted molar refractivity (Wildman–Crippen MR) is 62.9 cm³/mol. The second kappa shape index (κ2) is 6.09. The molecule has 0 radical (unpaired) electrons. The number of aliphatic hydroxyl groups excluding tert-OH is 1. The largest absolute Gasteiger partial charge is 0.481 e. The van der Waals surface area contributed by atoms with Gasteiger partial charge in [0, 0.05) is 6.54 Å². The average molecular weight is 255 g/mol. The van der Waals surface area contributed by atoms with E-state index in [2.05, 4.69) is 5.32 Å².